The highest BCUT2D eigenvalue weighted by Gasteiger charge is 2.12. The number of nitrogens with one attached hydrogen (secondary N) is 1. The zero-order valence-electron chi connectivity index (χ0n) is 12.5. The first-order chi connectivity index (χ1) is 9.67. The number of aryl methyl sites for hydroxylation is 1. The second kappa shape index (κ2) is 6.31. The lowest BCUT2D eigenvalue weighted by Gasteiger charge is -2.19. The molecule has 1 N–H and O–H groups in total. The summed E-state index contributed by atoms with van der Waals surface area (Å²) in [5.74, 6) is 1.78. The molecule has 0 aliphatic carbocycles. The van der Waals surface area contributed by atoms with Crippen LogP contribution in [0.1, 0.15) is 26.5 Å². The highest BCUT2D eigenvalue weighted by molar-refractivity contribution is 5.39. The molecule has 2 aromatic heterocycles. The Balaban J connectivity index is 2.45. The molecule has 0 aromatic carbocycles. The van der Waals surface area contributed by atoms with Crippen molar-refractivity contribution in [2.75, 3.05) is 29.9 Å². The number of hydrogen-bond donors (Lipinski definition) is 1. The molecular weight excluding hydrogens is 254 g/mol. The Morgan fingerprint density at radius 1 is 1.15 bits per heavy atom. The third-order valence-corrected chi connectivity index (χ3v) is 2.92. The molecule has 0 unspecified atom stereocenters. The summed E-state index contributed by atoms with van der Waals surface area (Å²) in [7, 11) is 0. The molecule has 7 nitrogen and oxygen atoms in total. The summed E-state index contributed by atoms with van der Waals surface area (Å²) >= 11 is 0. The van der Waals surface area contributed by atoms with Crippen LogP contribution in [0.2, 0.25) is 0 Å². The van der Waals surface area contributed by atoms with Crippen LogP contribution in [0, 0.1) is 6.92 Å². The first-order valence-corrected chi connectivity index (χ1v) is 6.95. The van der Waals surface area contributed by atoms with Crippen molar-refractivity contribution in [2.45, 2.75) is 27.7 Å². The van der Waals surface area contributed by atoms with E-state index in [2.05, 4.69) is 44.1 Å². The smallest absolute Gasteiger partial charge is 0.257 e. The molecule has 2 rings (SSSR count). The van der Waals surface area contributed by atoms with Gasteiger partial charge in [-0.25, -0.2) is 4.68 Å². The summed E-state index contributed by atoms with van der Waals surface area (Å²) in [5.41, 5.74) is 0.930. The van der Waals surface area contributed by atoms with E-state index in [-0.39, 0.29) is 0 Å². The number of hydrogen-bond acceptors (Lipinski definition) is 6. The second-order valence-electron chi connectivity index (χ2n) is 4.36. The summed E-state index contributed by atoms with van der Waals surface area (Å²) in [5, 5.41) is 7.49. The monoisotopic (exact) mass is 275 g/mol. The van der Waals surface area contributed by atoms with Crippen molar-refractivity contribution >= 4 is 11.9 Å². The summed E-state index contributed by atoms with van der Waals surface area (Å²) in [6.07, 6.45) is 1.85. The number of nitrogens with zero attached hydrogens (tertiary/aromatic N) is 6. The molecule has 0 amide bonds. The van der Waals surface area contributed by atoms with Gasteiger partial charge in [-0.1, -0.05) is 0 Å². The molecule has 0 atom stereocenters. The van der Waals surface area contributed by atoms with Crippen LogP contribution in [-0.4, -0.2) is 44.4 Å². The number of rotatable bonds is 6. The van der Waals surface area contributed by atoms with Gasteiger partial charge in [0, 0.05) is 25.8 Å². The maximum Gasteiger partial charge on any atom is 0.257 e. The molecule has 0 spiro atoms. The number of anilines is 2. The Morgan fingerprint density at radius 2 is 1.90 bits per heavy atom. The predicted molar refractivity (Wildman–Crippen MR) is 79.4 cm³/mol. The lowest BCUT2D eigenvalue weighted by molar-refractivity contribution is 0.756. The van der Waals surface area contributed by atoms with E-state index in [9.17, 15) is 0 Å². The van der Waals surface area contributed by atoms with Crippen LogP contribution < -0.4 is 10.2 Å². The van der Waals surface area contributed by atoms with Gasteiger partial charge in [0.2, 0.25) is 11.9 Å². The molecule has 0 aliphatic rings. The lowest BCUT2D eigenvalue weighted by Crippen LogP contribution is -2.25. The van der Waals surface area contributed by atoms with Crippen LogP contribution in [0.4, 0.5) is 11.9 Å². The van der Waals surface area contributed by atoms with Gasteiger partial charge in [0.15, 0.2) is 0 Å². The minimum absolute atomic E-state index is 0.533. The molecule has 2 heterocycles. The molecule has 2 aromatic rings. The van der Waals surface area contributed by atoms with Gasteiger partial charge in [-0.05, 0) is 33.8 Å². The first kappa shape index (κ1) is 14.2. The molecule has 7 heteroatoms. The Labute approximate surface area is 119 Å². The molecule has 0 bridgehead atoms. The van der Waals surface area contributed by atoms with Gasteiger partial charge in [-0.3, -0.25) is 0 Å². The Hall–Kier alpha value is -2.18. The molecule has 0 fully saturated rings. The molecule has 0 saturated heterocycles. The van der Waals surface area contributed by atoms with E-state index < -0.39 is 0 Å². The molecule has 108 valence electrons. The summed E-state index contributed by atoms with van der Waals surface area (Å²) in [6.45, 7) is 10.6. The van der Waals surface area contributed by atoms with Gasteiger partial charge in [-0.15, -0.1) is 0 Å². The standard InChI is InChI=1S/C13H21N7/c1-5-14-11-15-12(19(6-2)7-3)17-13(16-11)20-9-8-10(4)18-20/h8-9H,5-7H2,1-4H3,(H,14,15,16,17). The van der Waals surface area contributed by atoms with Crippen molar-refractivity contribution < 1.29 is 0 Å². The maximum atomic E-state index is 4.51. The average molecular weight is 275 g/mol. The van der Waals surface area contributed by atoms with Crippen molar-refractivity contribution in [1.82, 2.24) is 24.7 Å². The van der Waals surface area contributed by atoms with E-state index in [1.807, 2.05) is 26.1 Å². The van der Waals surface area contributed by atoms with Crippen LogP contribution in [0.5, 0.6) is 0 Å². The third kappa shape index (κ3) is 3.04. The Morgan fingerprint density at radius 3 is 2.45 bits per heavy atom. The Kier molecular flexibility index (Phi) is 4.49. The minimum Gasteiger partial charge on any atom is -0.354 e. The van der Waals surface area contributed by atoms with E-state index >= 15 is 0 Å². The van der Waals surface area contributed by atoms with E-state index in [4.69, 9.17) is 0 Å². The Bertz CT molecular complexity index is 560. The zero-order chi connectivity index (χ0) is 14.5. The largest absolute Gasteiger partial charge is 0.354 e. The quantitative estimate of drug-likeness (QED) is 0.864. The van der Waals surface area contributed by atoms with Crippen LogP contribution in [0.25, 0.3) is 5.95 Å². The van der Waals surface area contributed by atoms with E-state index in [0.29, 0.717) is 17.8 Å². The minimum atomic E-state index is 0.533. The normalized spacial score (nSPS) is 10.6. The zero-order valence-corrected chi connectivity index (χ0v) is 12.5. The lowest BCUT2D eigenvalue weighted by atomic mass is 10.5. The van der Waals surface area contributed by atoms with Gasteiger partial charge >= 0.3 is 0 Å². The molecule has 0 saturated carbocycles. The third-order valence-electron chi connectivity index (χ3n) is 2.92. The predicted octanol–water partition coefficient (Wildman–Crippen LogP) is 1.64. The van der Waals surface area contributed by atoms with Crippen LogP contribution in [-0.2, 0) is 0 Å². The average Bonchev–Trinajstić information content (AvgIpc) is 2.87. The van der Waals surface area contributed by atoms with Crippen LogP contribution >= 0.6 is 0 Å². The van der Waals surface area contributed by atoms with Crippen molar-refractivity contribution in [3.8, 4) is 5.95 Å². The van der Waals surface area contributed by atoms with Crippen molar-refractivity contribution in [3.63, 3.8) is 0 Å². The van der Waals surface area contributed by atoms with E-state index in [1.54, 1.807) is 4.68 Å². The first-order valence-electron chi connectivity index (χ1n) is 6.95. The van der Waals surface area contributed by atoms with Crippen molar-refractivity contribution in [3.05, 3.63) is 18.0 Å². The van der Waals surface area contributed by atoms with Crippen molar-refractivity contribution in [1.29, 1.82) is 0 Å². The highest BCUT2D eigenvalue weighted by atomic mass is 15.4. The SMILES string of the molecule is CCNc1nc(N(CC)CC)nc(-n2ccc(C)n2)n1. The number of aromatic nitrogens is 5. The molecule has 0 aliphatic heterocycles. The van der Waals surface area contributed by atoms with Crippen LogP contribution in [0.15, 0.2) is 12.3 Å². The summed E-state index contributed by atoms with van der Waals surface area (Å²) in [4.78, 5) is 15.4. The van der Waals surface area contributed by atoms with Gasteiger partial charge in [-0.2, -0.15) is 20.1 Å². The van der Waals surface area contributed by atoms with Gasteiger partial charge < -0.3 is 10.2 Å². The van der Waals surface area contributed by atoms with Gasteiger partial charge in [0.05, 0.1) is 5.69 Å². The fraction of sp³-hybridized carbons (Fsp3) is 0.538. The topological polar surface area (TPSA) is 71.8 Å². The molecule has 0 radical (unpaired) electrons. The van der Waals surface area contributed by atoms with Crippen LogP contribution in [0.3, 0.4) is 0 Å². The van der Waals surface area contributed by atoms with E-state index in [1.165, 1.54) is 0 Å². The molecular formula is C13H21N7. The maximum absolute atomic E-state index is 4.51. The van der Waals surface area contributed by atoms with Gasteiger partial charge in [0.25, 0.3) is 5.95 Å². The summed E-state index contributed by atoms with van der Waals surface area (Å²) < 4.78 is 1.67. The fourth-order valence-electron chi connectivity index (χ4n) is 1.87. The molecule has 20 heavy (non-hydrogen) atoms. The van der Waals surface area contributed by atoms with Crippen molar-refractivity contribution in [2.24, 2.45) is 0 Å². The van der Waals surface area contributed by atoms with Gasteiger partial charge in [0.1, 0.15) is 0 Å². The highest BCUT2D eigenvalue weighted by Crippen LogP contribution is 2.13. The van der Waals surface area contributed by atoms with E-state index in [0.717, 1.165) is 25.3 Å². The second-order valence-corrected chi connectivity index (χ2v) is 4.36. The summed E-state index contributed by atoms with van der Waals surface area (Å²) in [6, 6.07) is 1.92. The fourth-order valence-corrected chi connectivity index (χ4v) is 1.87.